The largest absolute Gasteiger partial charge is 0.352 e. The van der Waals surface area contributed by atoms with Gasteiger partial charge in [0.05, 0.1) is 0 Å². The predicted octanol–water partition coefficient (Wildman–Crippen LogP) is 0.804. The van der Waals surface area contributed by atoms with Crippen molar-refractivity contribution in [2.24, 2.45) is 5.73 Å². The van der Waals surface area contributed by atoms with E-state index in [2.05, 4.69) is 5.32 Å². The molecular weight excluding hydrogens is 156 g/mol. The van der Waals surface area contributed by atoms with Gasteiger partial charge < -0.3 is 11.1 Å². The Morgan fingerprint density at radius 3 is 2.50 bits per heavy atom. The fourth-order valence-corrected chi connectivity index (χ4v) is 0.901. The number of ketones is 1. The molecule has 0 rings (SSSR count). The molecule has 3 N–H and O–H groups in total. The lowest BCUT2D eigenvalue weighted by Gasteiger charge is -2.00. The highest BCUT2D eigenvalue weighted by Crippen LogP contribution is 1.96. The quantitative estimate of drug-likeness (QED) is 0.582. The summed E-state index contributed by atoms with van der Waals surface area (Å²) in [6.07, 6.45) is 2.74. The third kappa shape index (κ3) is 7.05. The van der Waals surface area contributed by atoms with Crippen molar-refractivity contribution in [3.8, 4) is 0 Å². The SMILES string of the molecule is CCCC(=O)CCCNC(N)=O. The lowest BCUT2D eigenvalue weighted by molar-refractivity contribution is -0.119. The summed E-state index contributed by atoms with van der Waals surface area (Å²) in [7, 11) is 0. The van der Waals surface area contributed by atoms with Crippen LogP contribution < -0.4 is 11.1 Å². The highest BCUT2D eigenvalue weighted by molar-refractivity contribution is 5.78. The number of hydrogen-bond acceptors (Lipinski definition) is 2. The Bertz CT molecular complexity index is 157. The second-order valence-electron chi connectivity index (χ2n) is 2.68. The van der Waals surface area contributed by atoms with E-state index in [1.165, 1.54) is 0 Å². The number of amides is 2. The van der Waals surface area contributed by atoms with Gasteiger partial charge in [0, 0.05) is 19.4 Å². The zero-order valence-electron chi connectivity index (χ0n) is 7.43. The van der Waals surface area contributed by atoms with Crippen molar-refractivity contribution < 1.29 is 9.59 Å². The molecule has 0 heterocycles. The predicted molar refractivity (Wildman–Crippen MR) is 46.7 cm³/mol. The molecule has 4 nitrogen and oxygen atoms in total. The second-order valence-corrected chi connectivity index (χ2v) is 2.68. The number of rotatable bonds is 6. The maximum Gasteiger partial charge on any atom is 0.312 e. The lowest BCUT2D eigenvalue weighted by atomic mass is 10.1. The molecule has 0 atom stereocenters. The molecule has 0 aromatic rings. The van der Waals surface area contributed by atoms with Gasteiger partial charge in [0.15, 0.2) is 0 Å². The molecule has 0 aromatic heterocycles. The summed E-state index contributed by atoms with van der Waals surface area (Å²) < 4.78 is 0. The van der Waals surface area contributed by atoms with Crippen molar-refractivity contribution in [1.82, 2.24) is 5.32 Å². The molecule has 4 heteroatoms. The zero-order valence-corrected chi connectivity index (χ0v) is 7.43. The van der Waals surface area contributed by atoms with Gasteiger partial charge in [-0.2, -0.15) is 0 Å². The average Bonchev–Trinajstić information content (AvgIpc) is 1.98. The molecule has 0 unspecified atom stereocenters. The van der Waals surface area contributed by atoms with Gasteiger partial charge in [0.2, 0.25) is 0 Å². The molecule has 0 radical (unpaired) electrons. The molecular formula is C8H16N2O2. The van der Waals surface area contributed by atoms with E-state index in [1.807, 2.05) is 6.92 Å². The Balaban J connectivity index is 3.19. The minimum absolute atomic E-state index is 0.253. The number of carbonyl (C=O) groups is 2. The van der Waals surface area contributed by atoms with Crippen LogP contribution in [-0.4, -0.2) is 18.4 Å². The highest BCUT2D eigenvalue weighted by atomic mass is 16.2. The van der Waals surface area contributed by atoms with Gasteiger partial charge in [-0.1, -0.05) is 6.92 Å². The molecule has 0 aliphatic rings. The molecule has 0 saturated carbocycles. The minimum atomic E-state index is -0.530. The first-order valence-electron chi connectivity index (χ1n) is 4.21. The van der Waals surface area contributed by atoms with Crippen LogP contribution in [0.1, 0.15) is 32.6 Å². The summed E-state index contributed by atoms with van der Waals surface area (Å²) in [6, 6.07) is -0.530. The maximum absolute atomic E-state index is 10.9. The molecule has 2 amide bonds. The van der Waals surface area contributed by atoms with E-state index in [1.54, 1.807) is 0 Å². The summed E-state index contributed by atoms with van der Waals surface area (Å²) in [5.41, 5.74) is 4.83. The fourth-order valence-electron chi connectivity index (χ4n) is 0.901. The van der Waals surface area contributed by atoms with Crippen molar-refractivity contribution >= 4 is 11.8 Å². The van der Waals surface area contributed by atoms with Crippen molar-refractivity contribution in [1.29, 1.82) is 0 Å². The number of carbonyl (C=O) groups excluding carboxylic acids is 2. The number of hydrogen-bond donors (Lipinski definition) is 2. The van der Waals surface area contributed by atoms with Crippen LogP contribution in [0.15, 0.2) is 0 Å². The van der Waals surface area contributed by atoms with E-state index < -0.39 is 6.03 Å². The van der Waals surface area contributed by atoms with Crippen LogP contribution in [0.2, 0.25) is 0 Å². The van der Waals surface area contributed by atoms with Crippen LogP contribution in [0, 0.1) is 0 Å². The van der Waals surface area contributed by atoms with Crippen molar-refractivity contribution in [3.05, 3.63) is 0 Å². The fraction of sp³-hybridized carbons (Fsp3) is 0.750. The maximum atomic E-state index is 10.9. The molecule has 0 spiro atoms. The van der Waals surface area contributed by atoms with E-state index in [4.69, 9.17) is 5.73 Å². The van der Waals surface area contributed by atoms with Crippen LogP contribution >= 0.6 is 0 Å². The van der Waals surface area contributed by atoms with E-state index in [-0.39, 0.29) is 5.78 Å². The van der Waals surface area contributed by atoms with Gasteiger partial charge in [0.1, 0.15) is 5.78 Å². The highest BCUT2D eigenvalue weighted by Gasteiger charge is 1.99. The van der Waals surface area contributed by atoms with Gasteiger partial charge in [-0.05, 0) is 12.8 Å². The average molecular weight is 172 g/mol. The van der Waals surface area contributed by atoms with Gasteiger partial charge in [-0.15, -0.1) is 0 Å². The van der Waals surface area contributed by atoms with E-state index in [0.717, 1.165) is 6.42 Å². The number of primary amides is 1. The molecule has 70 valence electrons. The van der Waals surface area contributed by atoms with E-state index in [9.17, 15) is 9.59 Å². The minimum Gasteiger partial charge on any atom is -0.352 e. The Kier molecular flexibility index (Phi) is 6.05. The van der Waals surface area contributed by atoms with Crippen LogP contribution in [0.25, 0.3) is 0 Å². The van der Waals surface area contributed by atoms with Crippen molar-refractivity contribution in [2.45, 2.75) is 32.6 Å². The molecule has 0 saturated heterocycles. The van der Waals surface area contributed by atoms with Crippen LogP contribution in [-0.2, 0) is 4.79 Å². The van der Waals surface area contributed by atoms with Gasteiger partial charge in [-0.25, -0.2) is 4.79 Å². The first-order chi connectivity index (χ1) is 5.66. The van der Waals surface area contributed by atoms with Crippen LogP contribution in [0.4, 0.5) is 4.79 Å². The number of urea groups is 1. The molecule has 0 aromatic carbocycles. The van der Waals surface area contributed by atoms with Gasteiger partial charge >= 0.3 is 6.03 Å². The first kappa shape index (κ1) is 10.9. The Morgan fingerprint density at radius 1 is 1.33 bits per heavy atom. The lowest BCUT2D eigenvalue weighted by Crippen LogP contribution is -2.30. The third-order valence-electron chi connectivity index (χ3n) is 1.46. The first-order valence-corrected chi connectivity index (χ1v) is 4.21. The summed E-state index contributed by atoms with van der Waals surface area (Å²) in [5.74, 6) is 0.253. The summed E-state index contributed by atoms with van der Waals surface area (Å²) >= 11 is 0. The molecule has 0 bridgehead atoms. The summed E-state index contributed by atoms with van der Waals surface area (Å²) in [5, 5.41) is 2.43. The summed E-state index contributed by atoms with van der Waals surface area (Å²) in [6.45, 7) is 2.46. The van der Waals surface area contributed by atoms with Crippen molar-refractivity contribution in [3.63, 3.8) is 0 Å². The number of nitrogens with one attached hydrogen (secondary N) is 1. The molecule has 0 aliphatic carbocycles. The molecule has 0 fully saturated rings. The smallest absolute Gasteiger partial charge is 0.312 e. The zero-order chi connectivity index (χ0) is 9.40. The van der Waals surface area contributed by atoms with Crippen LogP contribution in [0.3, 0.4) is 0 Å². The van der Waals surface area contributed by atoms with Gasteiger partial charge in [0.25, 0.3) is 0 Å². The number of Topliss-reactive ketones (excluding diaryl/α,β-unsaturated/α-hetero) is 1. The second kappa shape index (κ2) is 6.64. The Hall–Kier alpha value is -1.06. The Morgan fingerprint density at radius 2 is 2.00 bits per heavy atom. The number of nitrogens with two attached hydrogens (primary N) is 1. The third-order valence-corrected chi connectivity index (χ3v) is 1.46. The van der Waals surface area contributed by atoms with Crippen LogP contribution in [0.5, 0.6) is 0 Å². The topological polar surface area (TPSA) is 72.2 Å². The standard InChI is InChI=1S/C8H16N2O2/c1-2-4-7(11)5-3-6-10-8(9)12/h2-6H2,1H3,(H3,9,10,12). The van der Waals surface area contributed by atoms with E-state index in [0.29, 0.717) is 25.8 Å². The van der Waals surface area contributed by atoms with Crippen molar-refractivity contribution in [2.75, 3.05) is 6.54 Å². The normalized spacial score (nSPS) is 9.42. The van der Waals surface area contributed by atoms with Gasteiger partial charge in [-0.3, -0.25) is 4.79 Å². The van der Waals surface area contributed by atoms with E-state index >= 15 is 0 Å². The summed E-state index contributed by atoms with van der Waals surface area (Å²) in [4.78, 5) is 21.1. The monoisotopic (exact) mass is 172 g/mol. The Labute approximate surface area is 72.5 Å². The molecule has 12 heavy (non-hydrogen) atoms. The molecule has 0 aliphatic heterocycles.